The molecular formula is C15H19ClN4. The molecule has 0 atom stereocenters. The van der Waals surface area contributed by atoms with Crippen molar-refractivity contribution in [3.8, 4) is 0 Å². The lowest BCUT2D eigenvalue weighted by Gasteiger charge is -2.34. The number of nitrogens with zero attached hydrogens (tertiary/aromatic N) is 2. The molecule has 20 heavy (non-hydrogen) atoms. The summed E-state index contributed by atoms with van der Waals surface area (Å²) in [5.74, 6) is 1.40. The van der Waals surface area contributed by atoms with Gasteiger partial charge in [0.2, 0.25) is 0 Å². The van der Waals surface area contributed by atoms with Crippen molar-refractivity contribution in [1.29, 1.82) is 0 Å². The van der Waals surface area contributed by atoms with E-state index in [1.165, 1.54) is 24.8 Å². The van der Waals surface area contributed by atoms with Crippen LogP contribution in [0.5, 0.6) is 0 Å². The minimum Gasteiger partial charge on any atom is -0.370 e. The van der Waals surface area contributed by atoms with E-state index in [1.807, 2.05) is 24.3 Å². The smallest absolute Gasteiger partial charge is 0.196 e. The van der Waals surface area contributed by atoms with E-state index >= 15 is 0 Å². The number of rotatable bonds is 2. The van der Waals surface area contributed by atoms with Crippen molar-refractivity contribution in [2.75, 3.05) is 0 Å². The van der Waals surface area contributed by atoms with Crippen LogP contribution in [0.15, 0.2) is 34.3 Å². The highest BCUT2D eigenvalue weighted by atomic mass is 35.5. The fourth-order valence-corrected chi connectivity index (χ4v) is 3.05. The third-order valence-corrected chi connectivity index (χ3v) is 4.14. The van der Waals surface area contributed by atoms with Crippen LogP contribution >= 0.6 is 11.6 Å². The van der Waals surface area contributed by atoms with Crippen LogP contribution in [-0.2, 0) is 6.42 Å². The Morgan fingerprint density at radius 1 is 1.10 bits per heavy atom. The molecule has 0 radical (unpaired) electrons. The summed E-state index contributed by atoms with van der Waals surface area (Å²) in [5, 5.41) is 3.84. The van der Waals surface area contributed by atoms with Gasteiger partial charge >= 0.3 is 0 Å². The summed E-state index contributed by atoms with van der Waals surface area (Å²) in [6.45, 7) is 0. The second-order valence-electron chi connectivity index (χ2n) is 5.53. The van der Waals surface area contributed by atoms with Crippen molar-refractivity contribution in [3.63, 3.8) is 0 Å². The molecule has 0 aromatic heterocycles. The van der Waals surface area contributed by atoms with E-state index < -0.39 is 0 Å². The molecule has 1 heterocycles. The maximum atomic E-state index is 5.95. The van der Waals surface area contributed by atoms with Crippen LogP contribution in [0.4, 0.5) is 0 Å². The maximum absolute atomic E-state index is 5.95. The molecule has 1 aliphatic heterocycles. The summed E-state index contributed by atoms with van der Waals surface area (Å²) < 4.78 is 0. The molecule has 1 aromatic rings. The van der Waals surface area contributed by atoms with Gasteiger partial charge in [0.05, 0.1) is 0 Å². The fraction of sp³-hybridized carbons (Fsp3) is 0.467. The van der Waals surface area contributed by atoms with Crippen LogP contribution in [0.25, 0.3) is 0 Å². The number of nitrogens with one attached hydrogen (secondary N) is 1. The predicted molar refractivity (Wildman–Crippen MR) is 83.2 cm³/mol. The largest absolute Gasteiger partial charge is 0.370 e. The number of guanidine groups is 1. The third-order valence-electron chi connectivity index (χ3n) is 3.88. The van der Waals surface area contributed by atoms with E-state index in [1.54, 1.807) is 0 Å². The highest BCUT2D eigenvalue weighted by molar-refractivity contribution is 6.30. The molecule has 3 rings (SSSR count). The van der Waals surface area contributed by atoms with Gasteiger partial charge in [-0.05, 0) is 43.4 Å². The highest BCUT2D eigenvalue weighted by Gasteiger charge is 2.34. The topological polar surface area (TPSA) is 62.8 Å². The zero-order chi connectivity index (χ0) is 14.0. The second-order valence-corrected chi connectivity index (χ2v) is 5.96. The second kappa shape index (κ2) is 5.44. The first-order valence-corrected chi connectivity index (χ1v) is 7.49. The van der Waals surface area contributed by atoms with Gasteiger partial charge in [-0.25, -0.2) is 9.98 Å². The summed E-state index contributed by atoms with van der Waals surface area (Å²) in [5.41, 5.74) is 6.80. The summed E-state index contributed by atoms with van der Waals surface area (Å²) in [6.07, 6.45) is 6.35. The molecule has 1 aliphatic carbocycles. The van der Waals surface area contributed by atoms with Crippen molar-refractivity contribution in [2.45, 2.75) is 44.2 Å². The Morgan fingerprint density at radius 3 is 2.50 bits per heavy atom. The molecule has 1 spiro atoms. The van der Waals surface area contributed by atoms with Gasteiger partial charge in [-0.2, -0.15) is 0 Å². The first kappa shape index (κ1) is 13.4. The molecule has 3 N–H and O–H groups in total. The van der Waals surface area contributed by atoms with Crippen LogP contribution in [0.3, 0.4) is 0 Å². The number of aliphatic imine (C=N–C) groups is 2. The number of halogens is 1. The van der Waals surface area contributed by atoms with Gasteiger partial charge in [-0.3, -0.25) is 0 Å². The normalized spacial score (nSPS) is 21.1. The Kier molecular flexibility index (Phi) is 3.66. The molecule has 4 nitrogen and oxygen atoms in total. The molecule has 0 saturated heterocycles. The minimum atomic E-state index is -0.310. The summed E-state index contributed by atoms with van der Waals surface area (Å²) in [4.78, 5) is 9.40. The molecular weight excluding hydrogens is 272 g/mol. The van der Waals surface area contributed by atoms with Gasteiger partial charge in [0.1, 0.15) is 5.84 Å². The molecule has 1 saturated carbocycles. The van der Waals surface area contributed by atoms with Crippen molar-refractivity contribution < 1.29 is 0 Å². The molecule has 106 valence electrons. The number of amidine groups is 1. The first-order valence-electron chi connectivity index (χ1n) is 7.11. The lowest BCUT2D eigenvalue weighted by atomic mass is 9.89. The summed E-state index contributed by atoms with van der Waals surface area (Å²) >= 11 is 5.91. The van der Waals surface area contributed by atoms with Crippen LogP contribution in [0, 0.1) is 0 Å². The standard InChI is InChI=1S/C15H19ClN4/c16-12-6-4-11(5-7-12)10-13-18-14(17)20-15(19-13)8-2-1-3-9-15/h4-7H,1-3,8-10H2,(H3,17,18,19,20). The van der Waals surface area contributed by atoms with E-state index in [9.17, 15) is 0 Å². The third kappa shape index (κ3) is 2.96. The lowest BCUT2D eigenvalue weighted by molar-refractivity contribution is 0.306. The number of nitrogens with two attached hydrogens (primary N) is 1. The van der Waals surface area contributed by atoms with Gasteiger partial charge in [0.25, 0.3) is 0 Å². The van der Waals surface area contributed by atoms with Gasteiger partial charge in [-0.1, -0.05) is 30.2 Å². The van der Waals surface area contributed by atoms with E-state index in [0.29, 0.717) is 5.96 Å². The monoisotopic (exact) mass is 290 g/mol. The quantitative estimate of drug-likeness (QED) is 0.880. The van der Waals surface area contributed by atoms with Gasteiger partial charge in [-0.15, -0.1) is 0 Å². The van der Waals surface area contributed by atoms with Gasteiger partial charge in [0.15, 0.2) is 11.6 Å². The van der Waals surface area contributed by atoms with Crippen molar-refractivity contribution in [1.82, 2.24) is 5.32 Å². The molecule has 0 unspecified atom stereocenters. The Balaban J connectivity index is 1.80. The SMILES string of the molecule is NC1=NC2(CCCCC2)N=C(Cc2ccc(Cl)cc2)N1. The number of benzene rings is 1. The predicted octanol–water partition coefficient (Wildman–Crippen LogP) is 2.86. The average Bonchev–Trinajstić information content (AvgIpc) is 2.41. The van der Waals surface area contributed by atoms with E-state index in [2.05, 4.69) is 10.3 Å². The first-order chi connectivity index (χ1) is 9.65. The Labute approximate surface area is 124 Å². The number of hydrogen-bond acceptors (Lipinski definition) is 4. The summed E-state index contributed by atoms with van der Waals surface area (Å²) in [7, 11) is 0. The lowest BCUT2D eigenvalue weighted by Crippen LogP contribution is -2.47. The fourth-order valence-electron chi connectivity index (χ4n) is 2.93. The summed E-state index contributed by atoms with van der Waals surface area (Å²) in [6, 6.07) is 7.83. The van der Waals surface area contributed by atoms with Crippen LogP contribution in [0.1, 0.15) is 37.7 Å². The van der Waals surface area contributed by atoms with Crippen molar-refractivity contribution in [2.24, 2.45) is 15.7 Å². The number of hydrogen-bond donors (Lipinski definition) is 2. The molecule has 1 fully saturated rings. The zero-order valence-electron chi connectivity index (χ0n) is 11.4. The molecule has 0 amide bonds. The van der Waals surface area contributed by atoms with Crippen molar-refractivity contribution >= 4 is 23.4 Å². The van der Waals surface area contributed by atoms with E-state index in [-0.39, 0.29) is 5.66 Å². The Morgan fingerprint density at radius 2 is 1.80 bits per heavy atom. The zero-order valence-corrected chi connectivity index (χ0v) is 12.2. The van der Waals surface area contributed by atoms with Crippen LogP contribution in [-0.4, -0.2) is 17.5 Å². The molecule has 2 aliphatic rings. The Bertz CT molecular complexity index is 541. The highest BCUT2D eigenvalue weighted by Crippen LogP contribution is 2.34. The molecule has 0 bridgehead atoms. The molecule has 5 heteroatoms. The van der Waals surface area contributed by atoms with E-state index in [4.69, 9.17) is 22.3 Å². The van der Waals surface area contributed by atoms with E-state index in [0.717, 1.165) is 30.1 Å². The minimum absolute atomic E-state index is 0.310. The Hall–Kier alpha value is -1.55. The van der Waals surface area contributed by atoms with Gasteiger partial charge in [0, 0.05) is 11.4 Å². The van der Waals surface area contributed by atoms with Gasteiger partial charge < -0.3 is 11.1 Å². The molecule has 1 aromatic carbocycles. The maximum Gasteiger partial charge on any atom is 0.196 e. The van der Waals surface area contributed by atoms with Crippen LogP contribution in [0.2, 0.25) is 5.02 Å². The average molecular weight is 291 g/mol. The van der Waals surface area contributed by atoms with Crippen LogP contribution < -0.4 is 11.1 Å². The van der Waals surface area contributed by atoms with Crippen molar-refractivity contribution in [3.05, 3.63) is 34.9 Å².